The summed E-state index contributed by atoms with van der Waals surface area (Å²) in [5, 5.41) is 2.77. The lowest BCUT2D eigenvalue weighted by Crippen LogP contribution is -2.34. The van der Waals surface area contributed by atoms with Crippen LogP contribution in [0.3, 0.4) is 0 Å². The van der Waals surface area contributed by atoms with Crippen LogP contribution in [0.15, 0.2) is 18.2 Å². The molecule has 0 aromatic heterocycles. The van der Waals surface area contributed by atoms with Gasteiger partial charge in [-0.2, -0.15) is 0 Å². The SMILES string of the molecule is CC(C)N(C)c1ccc(NC(=O)C2CCCC2N)cc1F. The number of nitrogens with two attached hydrogens (primary N) is 1. The molecule has 2 unspecified atom stereocenters. The van der Waals surface area contributed by atoms with Crippen LogP contribution in [0, 0.1) is 11.7 Å². The Labute approximate surface area is 125 Å². The fourth-order valence-corrected chi connectivity index (χ4v) is 2.70. The van der Waals surface area contributed by atoms with Gasteiger partial charge in [-0.05, 0) is 44.9 Å². The predicted molar refractivity (Wildman–Crippen MR) is 83.9 cm³/mol. The molecule has 21 heavy (non-hydrogen) atoms. The van der Waals surface area contributed by atoms with E-state index in [1.54, 1.807) is 12.1 Å². The Morgan fingerprint density at radius 3 is 2.67 bits per heavy atom. The van der Waals surface area contributed by atoms with Gasteiger partial charge >= 0.3 is 0 Å². The summed E-state index contributed by atoms with van der Waals surface area (Å²) in [6, 6.07) is 4.92. The van der Waals surface area contributed by atoms with Gasteiger partial charge in [0.25, 0.3) is 0 Å². The van der Waals surface area contributed by atoms with Crippen LogP contribution in [0.25, 0.3) is 0 Å². The maximum Gasteiger partial charge on any atom is 0.229 e. The normalized spacial score (nSPS) is 21.6. The van der Waals surface area contributed by atoms with Crippen LogP contribution in [0.4, 0.5) is 15.8 Å². The molecule has 0 saturated heterocycles. The van der Waals surface area contributed by atoms with Crippen LogP contribution in [0.2, 0.25) is 0 Å². The molecule has 0 radical (unpaired) electrons. The molecule has 2 rings (SSSR count). The van der Waals surface area contributed by atoms with Crippen molar-refractivity contribution in [2.24, 2.45) is 11.7 Å². The van der Waals surface area contributed by atoms with Crippen LogP contribution in [0.1, 0.15) is 33.1 Å². The second kappa shape index (κ2) is 6.43. The monoisotopic (exact) mass is 293 g/mol. The van der Waals surface area contributed by atoms with Gasteiger partial charge in [0.1, 0.15) is 5.82 Å². The molecule has 0 bridgehead atoms. The fraction of sp³-hybridized carbons (Fsp3) is 0.562. The lowest BCUT2D eigenvalue weighted by Gasteiger charge is -2.24. The number of benzene rings is 1. The van der Waals surface area contributed by atoms with Crippen molar-refractivity contribution in [3.05, 3.63) is 24.0 Å². The van der Waals surface area contributed by atoms with E-state index in [4.69, 9.17) is 5.73 Å². The number of rotatable bonds is 4. The number of hydrogen-bond donors (Lipinski definition) is 2. The maximum atomic E-state index is 14.1. The summed E-state index contributed by atoms with van der Waals surface area (Å²) >= 11 is 0. The van der Waals surface area contributed by atoms with Gasteiger partial charge in [-0.25, -0.2) is 4.39 Å². The zero-order chi connectivity index (χ0) is 15.6. The maximum absolute atomic E-state index is 14.1. The molecular weight excluding hydrogens is 269 g/mol. The van der Waals surface area contributed by atoms with Gasteiger partial charge in [-0.3, -0.25) is 4.79 Å². The molecule has 5 heteroatoms. The summed E-state index contributed by atoms with van der Waals surface area (Å²) < 4.78 is 14.1. The zero-order valence-corrected chi connectivity index (χ0v) is 12.9. The van der Waals surface area contributed by atoms with Crippen molar-refractivity contribution in [2.75, 3.05) is 17.3 Å². The summed E-state index contributed by atoms with van der Waals surface area (Å²) in [6.45, 7) is 3.99. The van der Waals surface area contributed by atoms with Gasteiger partial charge in [0.05, 0.1) is 11.6 Å². The Morgan fingerprint density at radius 1 is 1.43 bits per heavy atom. The van der Waals surface area contributed by atoms with E-state index in [0.29, 0.717) is 11.4 Å². The Morgan fingerprint density at radius 2 is 2.14 bits per heavy atom. The molecule has 1 saturated carbocycles. The van der Waals surface area contributed by atoms with Gasteiger partial charge in [0, 0.05) is 24.8 Å². The first kappa shape index (κ1) is 15.8. The standard InChI is InChI=1S/C16H24FN3O/c1-10(2)20(3)15-8-7-11(9-13(15)17)19-16(21)12-5-4-6-14(12)18/h7-10,12,14H,4-6,18H2,1-3H3,(H,19,21). The van der Waals surface area contributed by atoms with Crippen molar-refractivity contribution < 1.29 is 9.18 Å². The molecule has 1 amide bonds. The zero-order valence-electron chi connectivity index (χ0n) is 12.9. The summed E-state index contributed by atoms with van der Waals surface area (Å²) in [5.41, 5.74) is 6.93. The van der Waals surface area contributed by atoms with Gasteiger partial charge in [-0.1, -0.05) is 6.42 Å². The third kappa shape index (κ3) is 3.53. The molecule has 1 aromatic carbocycles. The molecule has 4 nitrogen and oxygen atoms in total. The highest BCUT2D eigenvalue weighted by molar-refractivity contribution is 5.93. The van der Waals surface area contributed by atoms with Gasteiger partial charge < -0.3 is 16.0 Å². The van der Waals surface area contributed by atoms with Crippen molar-refractivity contribution in [3.8, 4) is 0 Å². The van der Waals surface area contributed by atoms with Crippen molar-refractivity contribution >= 4 is 17.3 Å². The minimum absolute atomic E-state index is 0.0822. The Balaban J connectivity index is 2.08. The molecule has 0 spiro atoms. The van der Waals surface area contributed by atoms with E-state index in [1.807, 2.05) is 25.8 Å². The number of anilines is 2. The highest BCUT2D eigenvalue weighted by atomic mass is 19.1. The van der Waals surface area contributed by atoms with Crippen molar-refractivity contribution in [2.45, 2.75) is 45.2 Å². The summed E-state index contributed by atoms with van der Waals surface area (Å²) in [7, 11) is 1.85. The average Bonchev–Trinajstić information content (AvgIpc) is 2.84. The number of carbonyl (C=O) groups is 1. The van der Waals surface area contributed by atoms with E-state index < -0.39 is 0 Å². The van der Waals surface area contributed by atoms with Crippen LogP contribution < -0.4 is 16.0 Å². The van der Waals surface area contributed by atoms with Crippen molar-refractivity contribution in [3.63, 3.8) is 0 Å². The first-order valence-electron chi connectivity index (χ1n) is 7.49. The Hall–Kier alpha value is -1.62. The Kier molecular flexibility index (Phi) is 4.83. The smallest absolute Gasteiger partial charge is 0.229 e. The van der Waals surface area contributed by atoms with Gasteiger partial charge in [0.2, 0.25) is 5.91 Å². The molecule has 1 aliphatic rings. The van der Waals surface area contributed by atoms with Crippen molar-refractivity contribution in [1.29, 1.82) is 0 Å². The number of halogens is 1. The lowest BCUT2D eigenvalue weighted by molar-refractivity contribution is -0.120. The minimum Gasteiger partial charge on any atom is -0.370 e. The number of hydrogen-bond acceptors (Lipinski definition) is 3. The molecule has 0 aliphatic heterocycles. The quantitative estimate of drug-likeness (QED) is 0.897. The predicted octanol–water partition coefficient (Wildman–Crippen LogP) is 2.74. The summed E-state index contributed by atoms with van der Waals surface area (Å²) in [5.74, 6) is -0.602. The van der Waals surface area contributed by atoms with E-state index in [1.165, 1.54) is 6.07 Å². The molecule has 116 valence electrons. The highest BCUT2D eigenvalue weighted by Gasteiger charge is 2.30. The van der Waals surface area contributed by atoms with Crippen LogP contribution in [-0.4, -0.2) is 25.0 Å². The Bertz CT molecular complexity index is 518. The molecule has 1 aromatic rings. The fourth-order valence-electron chi connectivity index (χ4n) is 2.70. The summed E-state index contributed by atoms with van der Waals surface area (Å²) in [6.07, 6.45) is 2.67. The van der Waals surface area contributed by atoms with E-state index >= 15 is 0 Å². The topological polar surface area (TPSA) is 58.4 Å². The third-order valence-corrected chi connectivity index (χ3v) is 4.28. The number of carbonyl (C=O) groups excluding carboxylic acids is 1. The number of nitrogens with zero attached hydrogens (tertiary/aromatic N) is 1. The van der Waals surface area contributed by atoms with E-state index in [-0.39, 0.29) is 29.7 Å². The molecule has 3 N–H and O–H groups in total. The highest BCUT2D eigenvalue weighted by Crippen LogP contribution is 2.27. The first-order valence-corrected chi connectivity index (χ1v) is 7.49. The first-order chi connectivity index (χ1) is 9.90. The third-order valence-electron chi connectivity index (χ3n) is 4.28. The van der Waals surface area contributed by atoms with E-state index in [0.717, 1.165) is 19.3 Å². The van der Waals surface area contributed by atoms with Crippen LogP contribution >= 0.6 is 0 Å². The number of amides is 1. The molecule has 0 heterocycles. The van der Waals surface area contributed by atoms with Crippen LogP contribution in [0.5, 0.6) is 0 Å². The lowest BCUT2D eigenvalue weighted by atomic mass is 10.0. The van der Waals surface area contributed by atoms with Gasteiger partial charge in [-0.15, -0.1) is 0 Å². The molecule has 2 atom stereocenters. The summed E-state index contributed by atoms with van der Waals surface area (Å²) in [4.78, 5) is 14.0. The molecule has 1 aliphatic carbocycles. The number of nitrogens with one attached hydrogen (secondary N) is 1. The molecule has 1 fully saturated rings. The second-order valence-electron chi connectivity index (χ2n) is 6.06. The minimum atomic E-state index is -0.334. The van der Waals surface area contributed by atoms with E-state index in [2.05, 4.69) is 5.32 Å². The second-order valence-corrected chi connectivity index (χ2v) is 6.06. The van der Waals surface area contributed by atoms with E-state index in [9.17, 15) is 9.18 Å². The van der Waals surface area contributed by atoms with Crippen molar-refractivity contribution in [1.82, 2.24) is 0 Å². The largest absolute Gasteiger partial charge is 0.370 e. The average molecular weight is 293 g/mol. The van der Waals surface area contributed by atoms with Crippen LogP contribution in [-0.2, 0) is 4.79 Å². The molecular formula is C16H24FN3O. The van der Waals surface area contributed by atoms with Gasteiger partial charge in [0.15, 0.2) is 0 Å².